The van der Waals surface area contributed by atoms with Gasteiger partial charge in [-0.15, -0.1) is 0 Å². The van der Waals surface area contributed by atoms with Crippen LogP contribution in [0, 0.1) is 0 Å². The lowest BCUT2D eigenvalue weighted by Crippen LogP contribution is -2.12. The van der Waals surface area contributed by atoms with Crippen molar-refractivity contribution >= 4 is 5.82 Å². The molecule has 0 atom stereocenters. The number of hydrogen-bond acceptors (Lipinski definition) is 3. The lowest BCUT2D eigenvalue weighted by Gasteiger charge is -2.14. The molecular formula is C21H21F3N4. The highest BCUT2D eigenvalue weighted by Crippen LogP contribution is 2.38. The van der Waals surface area contributed by atoms with Crippen molar-refractivity contribution in [1.29, 1.82) is 0 Å². The van der Waals surface area contributed by atoms with Crippen molar-refractivity contribution < 1.29 is 13.2 Å². The summed E-state index contributed by atoms with van der Waals surface area (Å²) in [6.45, 7) is 0.0486. The van der Waals surface area contributed by atoms with Gasteiger partial charge < -0.3 is 5.32 Å². The Morgan fingerprint density at radius 3 is 2.68 bits per heavy atom. The molecule has 0 aliphatic heterocycles. The van der Waals surface area contributed by atoms with Gasteiger partial charge in [0.15, 0.2) is 0 Å². The lowest BCUT2D eigenvalue weighted by atomic mass is 9.97. The zero-order valence-electron chi connectivity index (χ0n) is 15.3. The Bertz CT molecular complexity index is 943. The fourth-order valence-electron chi connectivity index (χ4n) is 3.88. The van der Waals surface area contributed by atoms with E-state index in [2.05, 4.69) is 20.5 Å². The van der Waals surface area contributed by atoms with Gasteiger partial charge in [0.2, 0.25) is 0 Å². The summed E-state index contributed by atoms with van der Waals surface area (Å²) in [6, 6.07) is 9.34. The smallest absolute Gasteiger partial charge is 0.366 e. The zero-order valence-corrected chi connectivity index (χ0v) is 15.3. The summed E-state index contributed by atoms with van der Waals surface area (Å²) in [5.74, 6) is 1.02. The molecule has 146 valence electrons. The first kappa shape index (κ1) is 18.5. The number of nitrogens with one attached hydrogen (secondary N) is 2. The highest BCUT2D eigenvalue weighted by atomic mass is 19.4. The van der Waals surface area contributed by atoms with Crippen molar-refractivity contribution in [2.24, 2.45) is 0 Å². The van der Waals surface area contributed by atoms with Crippen molar-refractivity contribution in [3.05, 3.63) is 65.6 Å². The number of anilines is 1. The third kappa shape index (κ3) is 3.88. The molecule has 1 aliphatic carbocycles. The average Bonchev–Trinajstić information content (AvgIpc) is 3.37. The second kappa shape index (κ2) is 7.66. The summed E-state index contributed by atoms with van der Waals surface area (Å²) in [6.07, 6.45) is 3.86. The van der Waals surface area contributed by atoms with Crippen molar-refractivity contribution in [2.75, 3.05) is 5.32 Å². The van der Waals surface area contributed by atoms with E-state index in [1.807, 2.05) is 18.3 Å². The van der Waals surface area contributed by atoms with Gasteiger partial charge >= 0.3 is 6.18 Å². The fourth-order valence-corrected chi connectivity index (χ4v) is 3.88. The van der Waals surface area contributed by atoms with Gasteiger partial charge in [0.25, 0.3) is 0 Å². The Hall–Kier alpha value is -2.83. The third-order valence-corrected chi connectivity index (χ3v) is 5.29. The molecule has 2 heterocycles. The fraction of sp³-hybridized carbons (Fsp3) is 0.333. The first-order chi connectivity index (χ1) is 13.5. The molecule has 28 heavy (non-hydrogen) atoms. The zero-order chi connectivity index (χ0) is 19.6. The molecule has 1 saturated carbocycles. The van der Waals surface area contributed by atoms with Gasteiger partial charge in [0, 0.05) is 29.9 Å². The summed E-state index contributed by atoms with van der Waals surface area (Å²) in [7, 11) is 0. The van der Waals surface area contributed by atoms with Crippen LogP contribution in [0.5, 0.6) is 0 Å². The van der Waals surface area contributed by atoms with Gasteiger partial charge in [-0.25, -0.2) is 4.98 Å². The van der Waals surface area contributed by atoms with Crippen molar-refractivity contribution in [1.82, 2.24) is 15.2 Å². The minimum atomic E-state index is -4.37. The van der Waals surface area contributed by atoms with Gasteiger partial charge in [0.05, 0.1) is 11.8 Å². The number of benzene rings is 1. The summed E-state index contributed by atoms with van der Waals surface area (Å²) in [5.41, 5.74) is 2.69. The minimum absolute atomic E-state index is 0.0486. The normalized spacial score (nSPS) is 15.1. The second-order valence-electron chi connectivity index (χ2n) is 7.12. The number of pyridine rings is 1. The van der Waals surface area contributed by atoms with Gasteiger partial charge in [-0.05, 0) is 42.2 Å². The van der Waals surface area contributed by atoms with Crippen LogP contribution in [0.3, 0.4) is 0 Å². The summed E-state index contributed by atoms with van der Waals surface area (Å²) in [4.78, 5) is 4.26. The molecule has 2 N–H and O–H groups in total. The first-order valence-corrected chi connectivity index (χ1v) is 9.41. The number of alkyl halides is 3. The molecule has 4 nitrogen and oxygen atoms in total. The van der Waals surface area contributed by atoms with Crippen LogP contribution in [-0.4, -0.2) is 15.2 Å². The third-order valence-electron chi connectivity index (χ3n) is 5.29. The molecule has 0 spiro atoms. The van der Waals surface area contributed by atoms with Crippen molar-refractivity contribution in [2.45, 2.75) is 44.3 Å². The summed E-state index contributed by atoms with van der Waals surface area (Å²) < 4.78 is 39.5. The molecule has 2 aromatic heterocycles. The number of aromatic nitrogens is 3. The average molecular weight is 386 g/mol. The number of rotatable bonds is 5. The van der Waals surface area contributed by atoms with Crippen molar-refractivity contribution in [3.8, 4) is 11.1 Å². The van der Waals surface area contributed by atoms with Crippen LogP contribution in [0.4, 0.5) is 19.0 Å². The molecule has 4 rings (SSSR count). The quantitative estimate of drug-likeness (QED) is 0.586. The van der Waals surface area contributed by atoms with Crippen LogP contribution in [0.15, 0.2) is 48.8 Å². The van der Waals surface area contributed by atoms with E-state index in [-0.39, 0.29) is 12.1 Å². The molecule has 1 fully saturated rings. The topological polar surface area (TPSA) is 53.6 Å². The number of halogens is 3. The maximum absolute atomic E-state index is 13.2. The van der Waals surface area contributed by atoms with Crippen LogP contribution in [-0.2, 0) is 12.7 Å². The largest absolute Gasteiger partial charge is 0.416 e. The predicted molar refractivity (Wildman–Crippen MR) is 102 cm³/mol. The van der Waals surface area contributed by atoms with Gasteiger partial charge in [-0.3, -0.25) is 5.10 Å². The Morgan fingerprint density at radius 1 is 1.11 bits per heavy atom. The Balaban J connectivity index is 1.54. The summed E-state index contributed by atoms with van der Waals surface area (Å²) in [5, 5.41) is 10.4. The van der Waals surface area contributed by atoms with E-state index in [9.17, 15) is 13.2 Å². The van der Waals surface area contributed by atoms with Gasteiger partial charge in [-0.1, -0.05) is 31.0 Å². The standard InChI is InChI=1S/C21H21F3N4/c22-21(23,24)18-8-4-3-7-16(18)12-26-19-11-15(9-10-25-19)17-13-27-28-20(17)14-5-1-2-6-14/h3-4,7-11,13-14H,1-2,5-6,12H2,(H,25,26)(H,27,28). The van der Waals surface area contributed by atoms with E-state index in [0.717, 1.165) is 35.7 Å². The Labute approximate surface area is 161 Å². The van der Waals surface area contributed by atoms with E-state index in [4.69, 9.17) is 0 Å². The Kier molecular flexibility index (Phi) is 5.07. The highest BCUT2D eigenvalue weighted by Gasteiger charge is 2.32. The number of H-pyrrole nitrogens is 1. The van der Waals surface area contributed by atoms with Crippen LogP contribution in [0.2, 0.25) is 0 Å². The van der Waals surface area contributed by atoms with E-state index < -0.39 is 11.7 Å². The second-order valence-corrected chi connectivity index (χ2v) is 7.12. The van der Waals surface area contributed by atoms with Crippen LogP contribution in [0.1, 0.15) is 48.4 Å². The SMILES string of the molecule is FC(F)(F)c1ccccc1CNc1cc(-c2cn[nH]c2C2CCCC2)ccn1. The molecular weight excluding hydrogens is 365 g/mol. The van der Waals surface area contributed by atoms with Crippen LogP contribution in [0.25, 0.3) is 11.1 Å². The minimum Gasteiger partial charge on any atom is -0.366 e. The van der Waals surface area contributed by atoms with Crippen molar-refractivity contribution in [3.63, 3.8) is 0 Å². The predicted octanol–water partition coefficient (Wildman–Crippen LogP) is 5.76. The lowest BCUT2D eigenvalue weighted by molar-refractivity contribution is -0.138. The van der Waals surface area contributed by atoms with Crippen LogP contribution < -0.4 is 5.32 Å². The van der Waals surface area contributed by atoms with E-state index in [1.165, 1.54) is 25.0 Å². The molecule has 7 heteroatoms. The first-order valence-electron chi connectivity index (χ1n) is 9.41. The maximum Gasteiger partial charge on any atom is 0.416 e. The monoisotopic (exact) mass is 386 g/mol. The van der Waals surface area contributed by atoms with Gasteiger partial charge in [0.1, 0.15) is 5.82 Å². The number of nitrogens with zero attached hydrogens (tertiary/aromatic N) is 2. The molecule has 1 aromatic carbocycles. The number of hydrogen-bond donors (Lipinski definition) is 2. The highest BCUT2D eigenvalue weighted by molar-refractivity contribution is 5.68. The maximum atomic E-state index is 13.2. The van der Waals surface area contributed by atoms with E-state index in [0.29, 0.717) is 11.7 Å². The molecule has 1 aliphatic rings. The molecule has 3 aromatic rings. The molecule has 0 saturated heterocycles. The van der Waals surface area contributed by atoms with Crippen LogP contribution >= 0.6 is 0 Å². The van der Waals surface area contributed by atoms with Gasteiger partial charge in [-0.2, -0.15) is 18.3 Å². The summed E-state index contributed by atoms with van der Waals surface area (Å²) >= 11 is 0. The van der Waals surface area contributed by atoms with E-state index >= 15 is 0 Å². The number of aromatic amines is 1. The van der Waals surface area contributed by atoms with E-state index in [1.54, 1.807) is 12.3 Å². The molecule has 0 unspecified atom stereocenters. The molecule has 0 radical (unpaired) electrons. The molecule has 0 bridgehead atoms. The Morgan fingerprint density at radius 2 is 1.89 bits per heavy atom. The molecule has 0 amide bonds.